The molecule has 0 aliphatic heterocycles. The van der Waals surface area contributed by atoms with Crippen molar-refractivity contribution in [1.82, 2.24) is 4.31 Å². The van der Waals surface area contributed by atoms with Crippen LogP contribution in [-0.2, 0) is 10.0 Å². The number of nitrogens with zero attached hydrogens (tertiary/aromatic N) is 1. The van der Waals surface area contributed by atoms with Gasteiger partial charge in [0.05, 0.1) is 19.8 Å². The van der Waals surface area contributed by atoms with Gasteiger partial charge in [-0.1, -0.05) is 0 Å². The summed E-state index contributed by atoms with van der Waals surface area (Å²) in [5.74, 6) is 0.293. The van der Waals surface area contributed by atoms with Gasteiger partial charge in [0.25, 0.3) is 0 Å². The molecule has 2 N–H and O–H groups in total. The number of aryl methyl sites for hydroxylation is 2. The predicted molar refractivity (Wildman–Crippen MR) is 80.0 cm³/mol. The maximum absolute atomic E-state index is 12.7. The van der Waals surface area contributed by atoms with Crippen LogP contribution >= 0.6 is 0 Å². The predicted octanol–water partition coefficient (Wildman–Crippen LogP) is 0.677. The summed E-state index contributed by atoms with van der Waals surface area (Å²) in [7, 11) is -3.83. The van der Waals surface area contributed by atoms with E-state index in [0.29, 0.717) is 12.4 Å². The summed E-state index contributed by atoms with van der Waals surface area (Å²) in [6.07, 6.45) is 0. The van der Waals surface area contributed by atoms with E-state index in [9.17, 15) is 8.42 Å². The van der Waals surface area contributed by atoms with Crippen molar-refractivity contribution >= 4 is 10.0 Å². The van der Waals surface area contributed by atoms with Gasteiger partial charge in [-0.2, -0.15) is 4.31 Å². The second-order valence-electron chi connectivity index (χ2n) is 4.67. The van der Waals surface area contributed by atoms with E-state index in [4.69, 9.17) is 14.9 Å². The zero-order valence-corrected chi connectivity index (χ0v) is 13.5. The van der Waals surface area contributed by atoms with Crippen molar-refractivity contribution in [3.8, 4) is 5.75 Å². The Kier molecular flexibility index (Phi) is 6.60. The number of sulfonamides is 1. The van der Waals surface area contributed by atoms with Gasteiger partial charge in [-0.3, -0.25) is 0 Å². The van der Waals surface area contributed by atoms with E-state index < -0.39 is 10.0 Å². The molecule has 0 amide bonds. The van der Waals surface area contributed by atoms with Crippen molar-refractivity contribution in [2.75, 3.05) is 32.9 Å². The first kappa shape index (κ1) is 17.9. The van der Waals surface area contributed by atoms with E-state index in [2.05, 4.69) is 0 Å². The first-order valence-electron chi connectivity index (χ1n) is 6.84. The maximum atomic E-state index is 12.7. The van der Waals surface area contributed by atoms with Gasteiger partial charge < -0.3 is 14.9 Å². The molecule has 0 atom stereocenters. The molecule has 0 radical (unpaired) electrons. The zero-order chi connectivity index (χ0) is 16.0. The Morgan fingerprint density at radius 3 is 2.10 bits per heavy atom. The molecule has 0 unspecified atom stereocenters. The summed E-state index contributed by atoms with van der Waals surface area (Å²) in [6.45, 7) is 5.08. The average molecular weight is 317 g/mol. The topological polar surface area (TPSA) is 87.1 Å². The fourth-order valence-corrected chi connectivity index (χ4v) is 3.57. The van der Waals surface area contributed by atoms with Crippen LogP contribution in [-0.4, -0.2) is 55.8 Å². The zero-order valence-electron chi connectivity index (χ0n) is 12.7. The molecule has 0 aliphatic rings. The Morgan fingerprint density at radius 2 is 1.62 bits per heavy atom. The van der Waals surface area contributed by atoms with E-state index in [0.717, 1.165) is 15.4 Å². The van der Waals surface area contributed by atoms with Crippen molar-refractivity contribution in [1.29, 1.82) is 0 Å². The second kappa shape index (κ2) is 7.74. The molecule has 0 bridgehead atoms. The number of benzene rings is 1. The minimum atomic E-state index is -3.83. The molecule has 7 heteroatoms. The first-order valence-corrected chi connectivity index (χ1v) is 8.28. The lowest BCUT2D eigenvalue weighted by Crippen LogP contribution is -2.36. The maximum Gasteiger partial charge on any atom is 0.246 e. The summed E-state index contributed by atoms with van der Waals surface area (Å²) < 4.78 is 31.9. The average Bonchev–Trinajstić information content (AvgIpc) is 2.42. The van der Waals surface area contributed by atoms with E-state index in [1.807, 2.05) is 13.8 Å². The fourth-order valence-electron chi connectivity index (χ4n) is 1.95. The Balaban J connectivity index is 3.37. The third-order valence-corrected chi connectivity index (χ3v) is 5.10. The van der Waals surface area contributed by atoms with E-state index in [-0.39, 0.29) is 31.2 Å². The lowest BCUT2D eigenvalue weighted by molar-refractivity contribution is 0.217. The monoisotopic (exact) mass is 317 g/mol. The number of aliphatic hydroxyl groups is 2. The van der Waals surface area contributed by atoms with Gasteiger partial charge in [-0.05, 0) is 44.0 Å². The lowest BCUT2D eigenvalue weighted by Gasteiger charge is -2.22. The van der Waals surface area contributed by atoms with Crippen molar-refractivity contribution in [2.24, 2.45) is 0 Å². The summed E-state index contributed by atoms with van der Waals surface area (Å²) in [6, 6.07) is 3.26. The van der Waals surface area contributed by atoms with Crippen molar-refractivity contribution < 1.29 is 23.4 Å². The van der Waals surface area contributed by atoms with Gasteiger partial charge in [0, 0.05) is 13.1 Å². The van der Waals surface area contributed by atoms with Crippen molar-refractivity contribution in [3.05, 3.63) is 23.3 Å². The van der Waals surface area contributed by atoms with Crippen LogP contribution in [0.3, 0.4) is 0 Å². The number of hydrogen-bond acceptors (Lipinski definition) is 5. The molecule has 0 aromatic heterocycles. The van der Waals surface area contributed by atoms with Gasteiger partial charge >= 0.3 is 0 Å². The van der Waals surface area contributed by atoms with Gasteiger partial charge in [0.2, 0.25) is 10.0 Å². The fraction of sp³-hybridized carbons (Fsp3) is 0.571. The second-order valence-corrected chi connectivity index (χ2v) is 6.57. The third kappa shape index (κ3) is 4.16. The number of rotatable bonds is 8. The molecule has 1 aromatic carbocycles. The minimum Gasteiger partial charge on any atom is -0.492 e. The van der Waals surface area contributed by atoms with E-state index in [1.54, 1.807) is 19.1 Å². The molecule has 21 heavy (non-hydrogen) atoms. The van der Waals surface area contributed by atoms with Crippen LogP contribution in [0.5, 0.6) is 5.75 Å². The molecule has 0 fully saturated rings. The highest BCUT2D eigenvalue weighted by Gasteiger charge is 2.27. The third-order valence-electron chi connectivity index (χ3n) is 3.18. The van der Waals surface area contributed by atoms with Crippen LogP contribution in [0.25, 0.3) is 0 Å². The molecule has 0 spiro atoms. The number of hydrogen-bond donors (Lipinski definition) is 2. The highest BCUT2D eigenvalue weighted by atomic mass is 32.2. The van der Waals surface area contributed by atoms with Gasteiger partial charge in [-0.15, -0.1) is 0 Å². The smallest absolute Gasteiger partial charge is 0.246 e. The molecule has 120 valence electrons. The van der Waals surface area contributed by atoms with Crippen LogP contribution in [0.15, 0.2) is 17.0 Å². The van der Waals surface area contributed by atoms with Crippen LogP contribution in [0, 0.1) is 13.8 Å². The number of ether oxygens (including phenoxy) is 1. The van der Waals surface area contributed by atoms with Gasteiger partial charge in [0.1, 0.15) is 10.6 Å². The normalized spacial score (nSPS) is 11.9. The summed E-state index contributed by atoms with van der Waals surface area (Å²) in [4.78, 5) is 0.0642. The molecular weight excluding hydrogens is 294 g/mol. The molecule has 0 aliphatic carbocycles. The molecule has 0 heterocycles. The van der Waals surface area contributed by atoms with E-state index in [1.165, 1.54) is 0 Å². The van der Waals surface area contributed by atoms with E-state index >= 15 is 0 Å². The lowest BCUT2D eigenvalue weighted by atomic mass is 10.1. The molecule has 0 saturated carbocycles. The van der Waals surface area contributed by atoms with Crippen molar-refractivity contribution in [3.63, 3.8) is 0 Å². The summed E-state index contributed by atoms with van der Waals surface area (Å²) in [5, 5.41) is 18.1. The highest BCUT2D eigenvalue weighted by Crippen LogP contribution is 2.30. The quantitative estimate of drug-likeness (QED) is 0.736. The molecule has 0 saturated heterocycles. The largest absolute Gasteiger partial charge is 0.492 e. The molecular formula is C14H23NO5S. The van der Waals surface area contributed by atoms with Gasteiger partial charge in [0.15, 0.2) is 0 Å². The Bertz CT molecular complexity index is 565. The standard InChI is InChI=1S/C14H23NO5S/c1-4-20-13-9-11(2)12(3)10-14(13)21(18,19)15(5-7-16)6-8-17/h9-10,16-17H,4-8H2,1-3H3. The van der Waals surface area contributed by atoms with Crippen LogP contribution in [0.1, 0.15) is 18.1 Å². The molecule has 1 rings (SSSR count). The Morgan fingerprint density at radius 1 is 1.10 bits per heavy atom. The van der Waals surface area contributed by atoms with Crippen molar-refractivity contribution in [2.45, 2.75) is 25.7 Å². The van der Waals surface area contributed by atoms with Crippen LogP contribution < -0.4 is 4.74 Å². The van der Waals surface area contributed by atoms with Gasteiger partial charge in [-0.25, -0.2) is 8.42 Å². The first-order chi connectivity index (χ1) is 9.88. The molecule has 1 aromatic rings. The highest BCUT2D eigenvalue weighted by molar-refractivity contribution is 7.89. The van der Waals surface area contributed by atoms with Crippen LogP contribution in [0.4, 0.5) is 0 Å². The summed E-state index contributed by atoms with van der Waals surface area (Å²) in [5.41, 5.74) is 1.78. The summed E-state index contributed by atoms with van der Waals surface area (Å²) >= 11 is 0. The Hall–Kier alpha value is -1.15. The van der Waals surface area contributed by atoms with Crippen LogP contribution in [0.2, 0.25) is 0 Å². The SMILES string of the molecule is CCOc1cc(C)c(C)cc1S(=O)(=O)N(CCO)CCO. The number of aliphatic hydroxyl groups excluding tert-OH is 2. The Labute approximate surface area is 126 Å². The minimum absolute atomic E-state index is 0.0642. The molecule has 6 nitrogen and oxygen atoms in total.